The van der Waals surface area contributed by atoms with Crippen molar-refractivity contribution in [2.24, 2.45) is 5.92 Å². The van der Waals surface area contributed by atoms with Gasteiger partial charge in [-0.25, -0.2) is 8.42 Å². The first-order chi connectivity index (χ1) is 9.21. The van der Waals surface area contributed by atoms with Crippen LogP contribution in [0.4, 0.5) is 0 Å². The summed E-state index contributed by atoms with van der Waals surface area (Å²) in [4.78, 5) is 0.168. The van der Waals surface area contributed by atoms with Gasteiger partial charge in [0, 0.05) is 19.6 Å². The van der Waals surface area contributed by atoms with Crippen molar-refractivity contribution in [1.29, 1.82) is 0 Å². The van der Waals surface area contributed by atoms with Gasteiger partial charge < -0.3 is 5.32 Å². The summed E-state index contributed by atoms with van der Waals surface area (Å²) < 4.78 is 26.7. The van der Waals surface area contributed by atoms with Gasteiger partial charge in [-0.2, -0.15) is 4.31 Å². The number of hydrogen-bond acceptors (Lipinski definition) is 3. The number of nitrogens with zero attached hydrogens (tertiary/aromatic N) is 1. The number of halogens is 1. The molecule has 0 aromatic heterocycles. The zero-order valence-electron chi connectivity index (χ0n) is 12.6. The topological polar surface area (TPSA) is 49.4 Å². The molecule has 0 aliphatic rings. The van der Waals surface area contributed by atoms with Gasteiger partial charge in [0.25, 0.3) is 0 Å². The molecule has 0 saturated carbocycles. The third kappa shape index (κ3) is 3.73. The van der Waals surface area contributed by atoms with Gasteiger partial charge in [0.05, 0.1) is 5.02 Å². The molecule has 114 valence electrons. The maximum atomic E-state index is 12.7. The molecule has 0 amide bonds. The van der Waals surface area contributed by atoms with Gasteiger partial charge >= 0.3 is 0 Å². The summed E-state index contributed by atoms with van der Waals surface area (Å²) in [5.41, 5.74) is 0.890. The molecule has 0 aliphatic heterocycles. The fourth-order valence-corrected chi connectivity index (χ4v) is 3.87. The maximum absolute atomic E-state index is 12.7. The van der Waals surface area contributed by atoms with Crippen molar-refractivity contribution in [2.45, 2.75) is 38.3 Å². The Hall–Kier alpha value is -0.620. The molecule has 1 unspecified atom stereocenters. The van der Waals surface area contributed by atoms with E-state index in [-0.39, 0.29) is 21.9 Å². The Labute approximate surface area is 127 Å². The summed E-state index contributed by atoms with van der Waals surface area (Å²) >= 11 is 6.08. The van der Waals surface area contributed by atoms with E-state index in [1.54, 1.807) is 19.2 Å². The van der Waals surface area contributed by atoms with Crippen molar-refractivity contribution < 1.29 is 8.42 Å². The highest BCUT2D eigenvalue weighted by Crippen LogP contribution is 2.27. The molecule has 0 heterocycles. The van der Waals surface area contributed by atoms with E-state index in [0.29, 0.717) is 6.54 Å². The average molecular weight is 319 g/mol. The lowest BCUT2D eigenvalue weighted by Crippen LogP contribution is -2.38. The average Bonchev–Trinajstić information content (AvgIpc) is 2.39. The van der Waals surface area contributed by atoms with E-state index in [2.05, 4.69) is 5.32 Å². The highest BCUT2D eigenvalue weighted by atomic mass is 35.5. The quantitative estimate of drug-likeness (QED) is 0.877. The Bertz CT molecular complexity index is 558. The van der Waals surface area contributed by atoms with Crippen LogP contribution >= 0.6 is 11.6 Å². The molecule has 0 aliphatic carbocycles. The number of rotatable bonds is 6. The van der Waals surface area contributed by atoms with Crippen LogP contribution in [0.5, 0.6) is 0 Å². The lowest BCUT2D eigenvalue weighted by atomic mass is 10.1. The minimum absolute atomic E-state index is 0.0935. The second kappa shape index (κ2) is 6.89. The van der Waals surface area contributed by atoms with Crippen molar-refractivity contribution in [1.82, 2.24) is 9.62 Å². The highest BCUT2D eigenvalue weighted by molar-refractivity contribution is 7.89. The minimum Gasteiger partial charge on any atom is -0.316 e. The van der Waals surface area contributed by atoms with E-state index in [4.69, 9.17) is 11.6 Å². The van der Waals surface area contributed by atoms with Crippen LogP contribution in [0.25, 0.3) is 0 Å². The Morgan fingerprint density at radius 3 is 2.40 bits per heavy atom. The van der Waals surface area contributed by atoms with Crippen molar-refractivity contribution in [3.05, 3.63) is 28.8 Å². The Morgan fingerprint density at radius 1 is 1.30 bits per heavy atom. The molecule has 4 nitrogen and oxygen atoms in total. The van der Waals surface area contributed by atoms with E-state index in [9.17, 15) is 8.42 Å². The van der Waals surface area contributed by atoms with Gasteiger partial charge in [0.15, 0.2) is 0 Å². The van der Waals surface area contributed by atoms with Gasteiger partial charge in [-0.3, -0.25) is 0 Å². The first-order valence-corrected chi connectivity index (χ1v) is 8.44. The minimum atomic E-state index is -3.58. The van der Waals surface area contributed by atoms with E-state index in [0.717, 1.165) is 5.56 Å². The molecule has 0 bridgehead atoms. The summed E-state index contributed by atoms with van der Waals surface area (Å²) in [7, 11) is -0.168. The second-order valence-corrected chi connectivity index (χ2v) is 7.67. The predicted molar refractivity (Wildman–Crippen MR) is 83.5 cm³/mol. The van der Waals surface area contributed by atoms with Gasteiger partial charge in [-0.15, -0.1) is 0 Å². The van der Waals surface area contributed by atoms with E-state index >= 15 is 0 Å². The molecular formula is C14H23ClN2O2S. The largest absolute Gasteiger partial charge is 0.316 e. The van der Waals surface area contributed by atoms with Gasteiger partial charge in [-0.05, 0) is 37.6 Å². The Kier molecular flexibility index (Phi) is 6.01. The molecule has 1 aromatic rings. The Morgan fingerprint density at radius 2 is 1.90 bits per heavy atom. The SMILES string of the molecule is CNCc1ccc(Cl)c(S(=O)(=O)N(C)C(C)C(C)C)c1. The molecule has 0 saturated heterocycles. The monoisotopic (exact) mass is 318 g/mol. The van der Waals surface area contributed by atoms with Crippen LogP contribution in [0, 0.1) is 5.92 Å². The number of benzene rings is 1. The molecule has 1 atom stereocenters. The standard InChI is InChI=1S/C14H23ClN2O2S/c1-10(2)11(3)17(5)20(18,19)14-8-12(9-16-4)6-7-13(14)15/h6-8,10-11,16H,9H2,1-5H3. The molecule has 1 rings (SSSR count). The van der Waals surface area contributed by atoms with Crippen LogP contribution < -0.4 is 5.32 Å². The summed E-state index contributed by atoms with van der Waals surface area (Å²) in [5.74, 6) is 0.231. The van der Waals surface area contributed by atoms with Gasteiger partial charge in [0.2, 0.25) is 10.0 Å². The zero-order chi connectivity index (χ0) is 15.5. The fourth-order valence-electron chi connectivity index (χ4n) is 1.85. The van der Waals surface area contributed by atoms with Crippen molar-refractivity contribution >= 4 is 21.6 Å². The normalized spacial score (nSPS) is 14.0. The van der Waals surface area contributed by atoms with Crippen LogP contribution in [0.1, 0.15) is 26.3 Å². The summed E-state index contributed by atoms with van der Waals surface area (Å²) in [6, 6.07) is 5.00. The smallest absolute Gasteiger partial charge is 0.244 e. The Balaban J connectivity index is 3.24. The van der Waals surface area contributed by atoms with E-state index in [1.807, 2.05) is 33.9 Å². The summed E-state index contributed by atoms with van der Waals surface area (Å²) in [5, 5.41) is 3.26. The van der Waals surface area contributed by atoms with Crippen LogP contribution in [0.3, 0.4) is 0 Å². The van der Waals surface area contributed by atoms with Crippen molar-refractivity contribution in [3.63, 3.8) is 0 Å². The third-order valence-corrected chi connectivity index (χ3v) is 6.00. The molecule has 0 spiro atoms. The first kappa shape index (κ1) is 17.4. The zero-order valence-corrected chi connectivity index (χ0v) is 14.2. The van der Waals surface area contributed by atoms with Crippen molar-refractivity contribution in [3.8, 4) is 0 Å². The van der Waals surface area contributed by atoms with E-state index < -0.39 is 10.0 Å². The van der Waals surface area contributed by atoms with Crippen LogP contribution in [-0.4, -0.2) is 32.9 Å². The second-order valence-electron chi connectivity index (χ2n) is 5.30. The molecule has 20 heavy (non-hydrogen) atoms. The van der Waals surface area contributed by atoms with Crippen LogP contribution in [0.2, 0.25) is 5.02 Å². The number of sulfonamides is 1. The van der Waals surface area contributed by atoms with Crippen LogP contribution in [0.15, 0.2) is 23.1 Å². The first-order valence-electron chi connectivity index (χ1n) is 6.62. The third-order valence-electron chi connectivity index (χ3n) is 3.57. The molecule has 1 aromatic carbocycles. The highest BCUT2D eigenvalue weighted by Gasteiger charge is 2.29. The molecule has 1 N–H and O–H groups in total. The molecule has 0 fully saturated rings. The fraction of sp³-hybridized carbons (Fsp3) is 0.571. The molecular weight excluding hydrogens is 296 g/mol. The van der Waals surface area contributed by atoms with E-state index in [1.165, 1.54) is 4.31 Å². The summed E-state index contributed by atoms with van der Waals surface area (Å²) in [6.45, 7) is 6.49. The van der Waals surface area contributed by atoms with Gasteiger partial charge in [-0.1, -0.05) is 31.5 Å². The number of nitrogens with one attached hydrogen (secondary N) is 1. The lowest BCUT2D eigenvalue weighted by Gasteiger charge is -2.27. The number of hydrogen-bond donors (Lipinski definition) is 1. The predicted octanol–water partition coefficient (Wildman–Crippen LogP) is 2.72. The van der Waals surface area contributed by atoms with Crippen molar-refractivity contribution in [2.75, 3.05) is 14.1 Å². The maximum Gasteiger partial charge on any atom is 0.244 e. The summed E-state index contributed by atoms with van der Waals surface area (Å²) in [6.07, 6.45) is 0. The molecule has 0 radical (unpaired) electrons. The lowest BCUT2D eigenvalue weighted by molar-refractivity contribution is 0.316. The van der Waals surface area contributed by atoms with Crippen LogP contribution in [-0.2, 0) is 16.6 Å². The molecule has 6 heteroatoms. The van der Waals surface area contributed by atoms with Gasteiger partial charge in [0.1, 0.15) is 4.90 Å².